The molecule has 0 fully saturated rings. The number of benzene rings is 3. The van der Waals surface area contributed by atoms with Gasteiger partial charge in [-0.15, -0.1) is 0 Å². The molecule has 1 aromatic heterocycles. The van der Waals surface area contributed by atoms with Crippen molar-refractivity contribution in [3.8, 4) is 28.3 Å². The van der Waals surface area contributed by atoms with Crippen LogP contribution in [0.5, 0.6) is 11.5 Å². The summed E-state index contributed by atoms with van der Waals surface area (Å²) in [7, 11) is 3.09. The molecule has 0 aliphatic carbocycles. The van der Waals surface area contributed by atoms with Crippen LogP contribution in [0.4, 0.5) is 4.39 Å². The SMILES string of the molecule is COc1cccc(-n2nnn(C)c2=O)c1COc1ccc(-c2cccc(F)c2)cc1C. The lowest BCUT2D eigenvalue weighted by atomic mass is 10.0. The van der Waals surface area contributed by atoms with Gasteiger partial charge in [-0.2, -0.15) is 9.36 Å². The van der Waals surface area contributed by atoms with Gasteiger partial charge in [0.2, 0.25) is 0 Å². The van der Waals surface area contributed by atoms with Crippen molar-refractivity contribution in [2.75, 3.05) is 7.11 Å². The van der Waals surface area contributed by atoms with Crippen molar-refractivity contribution in [2.24, 2.45) is 7.05 Å². The number of aromatic nitrogens is 4. The van der Waals surface area contributed by atoms with Crippen molar-refractivity contribution < 1.29 is 13.9 Å². The van der Waals surface area contributed by atoms with Crippen molar-refractivity contribution >= 4 is 0 Å². The minimum Gasteiger partial charge on any atom is -0.496 e. The quantitative estimate of drug-likeness (QED) is 0.476. The van der Waals surface area contributed by atoms with Crippen LogP contribution in [-0.2, 0) is 13.7 Å². The molecular formula is C23H21FN4O3. The van der Waals surface area contributed by atoms with Crippen molar-refractivity contribution in [3.05, 3.63) is 88.1 Å². The van der Waals surface area contributed by atoms with Gasteiger partial charge in [0.1, 0.15) is 23.9 Å². The minimum absolute atomic E-state index is 0.155. The molecule has 3 aromatic carbocycles. The Bertz CT molecular complexity index is 1300. The van der Waals surface area contributed by atoms with E-state index < -0.39 is 0 Å². The highest BCUT2D eigenvalue weighted by atomic mass is 19.1. The highest BCUT2D eigenvalue weighted by Crippen LogP contribution is 2.30. The molecule has 4 aromatic rings. The van der Waals surface area contributed by atoms with E-state index in [1.807, 2.05) is 31.2 Å². The number of methoxy groups -OCH3 is 1. The second kappa shape index (κ2) is 8.43. The summed E-state index contributed by atoms with van der Waals surface area (Å²) in [5, 5.41) is 7.70. The fourth-order valence-electron chi connectivity index (χ4n) is 3.36. The van der Waals surface area contributed by atoms with Crippen molar-refractivity contribution in [2.45, 2.75) is 13.5 Å². The second-order valence-corrected chi connectivity index (χ2v) is 7.03. The van der Waals surface area contributed by atoms with Crippen molar-refractivity contribution in [1.82, 2.24) is 19.8 Å². The zero-order valence-electron chi connectivity index (χ0n) is 17.4. The Morgan fingerprint density at radius 1 is 0.968 bits per heavy atom. The van der Waals surface area contributed by atoms with Crippen LogP contribution in [-0.4, -0.2) is 26.9 Å². The molecule has 0 saturated heterocycles. The topological polar surface area (TPSA) is 71.2 Å². The van der Waals surface area contributed by atoms with Gasteiger partial charge in [0.15, 0.2) is 0 Å². The lowest BCUT2D eigenvalue weighted by molar-refractivity contribution is 0.294. The fourth-order valence-corrected chi connectivity index (χ4v) is 3.36. The van der Waals surface area contributed by atoms with Crippen LogP contribution in [0, 0.1) is 12.7 Å². The lowest BCUT2D eigenvalue weighted by Gasteiger charge is -2.15. The van der Waals surface area contributed by atoms with Gasteiger partial charge in [0.05, 0.1) is 18.4 Å². The molecule has 0 spiro atoms. The van der Waals surface area contributed by atoms with Crippen LogP contribution in [0.2, 0.25) is 0 Å². The third-order valence-corrected chi connectivity index (χ3v) is 4.98. The zero-order valence-corrected chi connectivity index (χ0v) is 17.4. The molecule has 0 aliphatic rings. The zero-order chi connectivity index (χ0) is 22.0. The van der Waals surface area contributed by atoms with E-state index in [0.29, 0.717) is 22.7 Å². The Morgan fingerprint density at radius 3 is 2.42 bits per heavy atom. The van der Waals surface area contributed by atoms with Gasteiger partial charge in [-0.25, -0.2) is 9.18 Å². The van der Waals surface area contributed by atoms with Crippen LogP contribution in [0.15, 0.2) is 65.5 Å². The number of ether oxygens (including phenoxy) is 2. The van der Waals surface area contributed by atoms with Crippen LogP contribution in [0.25, 0.3) is 16.8 Å². The second-order valence-electron chi connectivity index (χ2n) is 7.03. The first-order chi connectivity index (χ1) is 15.0. The van der Waals surface area contributed by atoms with Gasteiger partial charge in [-0.1, -0.05) is 24.3 Å². The molecular weight excluding hydrogens is 399 g/mol. The normalized spacial score (nSPS) is 10.8. The average molecular weight is 420 g/mol. The van der Waals surface area contributed by atoms with Gasteiger partial charge in [-0.3, -0.25) is 0 Å². The Kier molecular flexibility index (Phi) is 5.53. The molecule has 0 bridgehead atoms. The maximum atomic E-state index is 13.5. The average Bonchev–Trinajstić information content (AvgIpc) is 3.10. The smallest absolute Gasteiger partial charge is 0.368 e. The first kappa shape index (κ1) is 20.3. The van der Waals surface area contributed by atoms with Crippen LogP contribution < -0.4 is 15.2 Å². The Hall–Kier alpha value is -3.94. The first-order valence-electron chi connectivity index (χ1n) is 9.62. The van der Waals surface area contributed by atoms with Gasteiger partial charge in [0.25, 0.3) is 0 Å². The van der Waals surface area contributed by atoms with E-state index in [4.69, 9.17) is 9.47 Å². The standard InChI is InChI=1S/C23H21FN4O3/c1-15-12-17(16-6-4-7-18(24)13-16)10-11-21(15)31-14-19-20(8-5-9-22(19)30-3)28-23(29)27(2)25-26-28/h4-13H,14H2,1-3H3. The molecule has 0 saturated carbocycles. The number of rotatable bonds is 6. The third kappa shape index (κ3) is 4.05. The summed E-state index contributed by atoms with van der Waals surface area (Å²) in [6.07, 6.45) is 0. The molecule has 8 heteroatoms. The first-order valence-corrected chi connectivity index (χ1v) is 9.62. The fraction of sp³-hybridized carbons (Fsp3) is 0.174. The molecule has 31 heavy (non-hydrogen) atoms. The van der Waals surface area contributed by atoms with Gasteiger partial charge < -0.3 is 9.47 Å². The van der Waals surface area contributed by atoms with E-state index in [1.165, 1.54) is 23.9 Å². The summed E-state index contributed by atoms with van der Waals surface area (Å²) in [5.74, 6) is 0.964. The highest BCUT2D eigenvalue weighted by Gasteiger charge is 2.16. The molecule has 0 N–H and O–H groups in total. The molecule has 0 amide bonds. The van der Waals surface area contributed by atoms with Crippen molar-refractivity contribution in [1.29, 1.82) is 0 Å². The Labute approximate surface area is 178 Å². The number of aryl methyl sites for hydroxylation is 2. The largest absolute Gasteiger partial charge is 0.496 e. The summed E-state index contributed by atoms with van der Waals surface area (Å²) in [6.45, 7) is 2.08. The number of nitrogens with zero attached hydrogens (tertiary/aromatic N) is 4. The third-order valence-electron chi connectivity index (χ3n) is 4.98. The van der Waals surface area contributed by atoms with Gasteiger partial charge in [-0.05, 0) is 70.4 Å². The van der Waals surface area contributed by atoms with E-state index >= 15 is 0 Å². The van der Waals surface area contributed by atoms with E-state index in [2.05, 4.69) is 10.4 Å². The maximum Gasteiger partial charge on any atom is 0.368 e. The number of hydrogen-bond donors (Lipinski definition) is 0. The molecule has 7 nitrogen and oxygen atoms in total. The maximum absolute atomic E-state index is 13.5. The summed E-state index contributed by atoms with van der Waals surface area (Å²) in [6, 6.07) is 17.5. The Balaban J connectivity index is 1.64. The number of halogens is 1. The van der Waals surface area contributed by atoms with Crippen LogP contribution in [0.3, 0.4) is 0 Å². The van der Waals surface area contributed by atoms with E-state index in [9.17, 15) is 9.18 Å². The van der Waals surface area contributed by atoms with Gasteiger partial charge in [0, 0.05) is 7.05 Å². The molecule has 1 heterocycles. The predicted octanol–water partition coefficient (Wildman–Crippen LogP) is 3.67. The monoisotopic (exact) mass is 420 g/mol. The molecule has 0 atom stereocenters. The molecule has 0 radical (unpaired) electrons. The van der Waals surface area contributed by atoms with E-state index in [0.717, 1.165) is 21.4 Å². The number of tetrazole rings is 1. The summed E-state index contributed by atoms with van der Waals surface area (Å²) < 4.78 is 27.4. The van der Waals surface area contributed by atoms with Crippen LogP contribution >= 0.6 is 0 Å². The summed E-state index contributed by atoms with van der Waals surface area (Å²) in [5.41, 5.74) is 3.42. The minimum atomic E-state index is -0.370. The Morgan fingerprint density at radius 2 is 1.74 bits per heavy atom. The van der Waals surface area contributed by atoms with Gasteiger partial charge >= 0.3 is 5.69 Å². The lowest BCUT2D eigenvalue weighted by Crippen LogP contribution is -2.23. The highest BCUT2D eigenvalue weighted by molar-refractivity contribution is 5.65. The summed E-state index contributed by atoms with van der Waals surface area (Å²) in [4.78, 5) is 12.3. The van der Waals surface area contributed by atoms with E-state index in [1.54, 1.807) is 31.4 Å². The van der Waals surface area contributed by atoms with E-state index in [-0.39, 0.29) is 18.1 Å². The molecule has 0 aliphatic heterocycles. The molecule has 158 valence electrons. The van der Waals surface area contributed by atoms with Crippen LogP contribution in [0.1, 0.15) is 11.1 Å². The number of hydrogen-bond acceptors (Lipinski definition) is 5. The predicted molar refractivity (Wildman–Crippen MR) is 114 cm³/mol. The molecule has 0 unspecified atom stereocenters. The molecule has 4 rings (SSSR count). The van der Waals surface area contributed by atoms with Crippen molar-refractivity contribution in [3.63, 3.8) is 0 Å². The summed E-state index contributed by atoms with van der Waals surface area (Å²) >= 11 is 0.